The van der Waals surface area contributed by atoms with Crippen molar-refractivity contribution >= 4 is 0 Å². The maximum Gasteiger partial charge on any atom is 0.0648 e. The molecule has 17 heavy (non-hydrogen) atoms. The third-order valence-electron chi connectivity index (χ3n) is 3.21. The van der Waals surface area contributed by atoms with E-state index in [2.05, 4.69) is 10.4 Å². The number of aryl methyl sites for hydroxylation is 2. The Balaban J connectivity index is 2.71. The summed E-state index contributed by atoms with van der Waals surface area (Å²) in [7, 11) is 0. The minimum atomic E-state index is -0.600. The monoisotopic (exact) mass is 241 g/mol. The Kier molecular flexibility index (Phi) is 5.11. The van der Waals surface area contributed by atoms with Gasteiger partial charge in [0.05, 0.1) is 30.1 Å². The Hall–Kier alpha value is -0.910. The molecule has 1 aromatic rings. The zero-order valence-corrected chi connectivity index (χ0v) is 10.9. The lowest BCUT2D eigenvalue weighted by atomic mass is 9.98. The highest BCUT2D eigenvalue weighted by atomic mass is 16.3. The quantitative estimate of drug-likeness (QED) is 0.647. The summed E-state index contributed by atoms with van der Waals surface area (Å²) in [6, 6.07) is 2.02. The van der Waals surface area contributed by atoms with E-state index in [1.807, 2.05) is 31.5 Å². The lowest BCUT2D eigenvalue weighted by molar-refractivity contribution is 0.0858. The molecule has 0 aliphatic carbocycles. The highest BCUT2D eigenvalue weighted by Gasteiger charge is 2.26. The summed E-state index contributed by atoms with van der Waals surface area (Å²) >= 11 is 0. The Bertz CT molecular complexity index is 337. The molecule has 98 valence electrons. The first-order valence-electron chi connectivity index (χ1n) is 6.11. The van der Waals surface area contributed by atoms with Gasteiger partial charge in [-0.1, -0.05) is 6.92 Å². The van der Waals surface area contributed by atoms with Crippen LogP contribution in [0.1, 0.15) is 31.7 Å². The highest BCUT2D eigenvalue weighted by Crippen LogP contribution is 2.11. The molecule has 0 spiro atoms. The van der Waals surface area contributed by atoms with Crippen molar-refractivity contribution in [2.75, 3.05) is 13.2 Å². The summed E-state index contributed by atoms with van der Waals surface area (Å²) in [5.74, 6) is 0. The summed E-state index contributed by atoms with van der Waals surface area (Å²) in [6.45, 7) is 7.23. The van der Waals surface area contributed by atoms with Crippen molar-refractivity contribution in [3.8, 4) is 0 Å². The largest absolute Gasteiger partial charge is 0.394 e. The Labute approximate surface area is 102 Å². The summed E-state index contributed by atoms with van der Waals surface area (Å²) in [6.07, 6.45) is 0.680. The molecule has 0 atom stereocenters. The van der Waals surface area contributed by atoms with E-state index < -0.39 is 5.54 Å². The van der Waals surface area contributed by atoms with Crippen LogP contribution in [0.3, 0.4) is 0 Å². The minimum absolute atomic E-state index is 0.0702. The second kappa shape index (κ2) is 6.14. The van der Waals surface area contributed by atoms with Gasteiger partial charge in [-0.2, -0.15) is 5.10 Å². The van der Waals surface area contributed by atoms with Gasteiger partial charge in [0.2, 0.25) is 0 Å². The van der Waals surface area contributed by atoms with E-state index in [9.17, 15) is 10.2 Å². The third kappa shape index (κ3) is 3.28. The first-order chi connectivity index (χ1) is 8.10. The number of rotatable bonds is 7. The van der Waals surface area contributed by atoms with Gasteiger partial charge in [0, 0.05) is 13.1 Å². The maximum absolute atomic E-state index is 9.34. The zero-order valence-electron chi connectivity index (χ0n) is 10.9. The molecule has 0 bridgehead atoms. The SMILES string of the molecule is CCn1nc(C)cc1CNC(CC)(CO)CO. The van der Waals surface area contributed by atoms with Gasteiger partial charge < -0.3 is 15.5 Å². The molecule has 1 heterocycles. The molecule has 0 aliphatic rings. The van der Waals surface area contributed by atoms with Crippen LogP contribution in [0.5, 0.6) is 0 Å². The van der Waals surface area contributed by atoms with Gasteiger partial charge in [0.1, 0.15) is 0 Å². The van der Waals surface area contributed by atoms with E-state index in [0.717, 1.165) is 17.9 Å². The number of aromatic nitrogens is 2. The van der Waals surface area contributed by atoms with Crippen LogP contribution in [0.2, 0.25) is 0 Å². The number of aliphatic hydroxyl groups is 2. The fourth-order valence-corrected chi connectivity index (χ4v) is 1.80. The molecule has 0 aliphatic heterocycles. The van der Waals surface area contributed by atoms with Crippen LogP contribution >= 0.6 is 0 Å². The van der Waals surface area contributed by atoms with Crippen LogP contribution in [0.15, 0.2) is 6.07 Å². The van der Waals surface area contributed by atoms with Crippen molar-refractivity contribution in [2.24, 2.45) is 0 Å². The van der Waals surface area contributed by atoms with Crippen LogP contribution in [0, 0.1) is 6.92 Å². The predicted molar refractivity (Wildman–Crippen MR) is 66.7 cm³/mol. The fourth-order valence-electron chi connectivity index (χ4n) is 1.80. The number of nitrogens with zero attached hydrogens (tertiary/aromatic N) is 2. The average Bonchev–Trinajstić information content (AvgIpc) is 2.72. The molecule has 0 aromatic carbocycles. The van der Waals surface area contributed by atoms with Crippen LogP contribution < -0.4 is 5.32 Å². The van der Waals surface area contributed by atoms with Gasteiger partial charge in [0.25, 0.3) is 0 Å². The average molecular weight is 241 g/mol. The van der Waals surface area contributed by atoms with Crippen molar-refractivity contribution in [3.63, 3.8) is 0 Å². The molecule has 0 radical (unpaired) electrons. The van der Waals surface area contributed by atoms with E-state index in [-0.39, 0.29) is 13.2 Å². The topological polar surface area (TPSA) is 70.3 Å². The smallest absolute Gasteiger partial charge is 0.0648 e. The van der Waals surface area contributed by atoms with Gasteiger partial charge in [-0.3, -0.25) is 4.68 Å². The van der Waals surface area contributed by atoms with Crippen molar-refractivity contribution in [1.29, 1.82) is 0 Å². The molecule has 0 unspecified atom stereocenters. The maximum atomic E-state index is 9.34. The first-order valence-corrected chi connectivity index (χ1v) is 6.11. The Morgan fingerprint density at radius 1 is 1.35 bits per heavy atom. The lowest BCUT2D eigenvalue weighted by Crippen LogP contribution is -2.51. The van der Waals surface area contributed by atoms with E-state index in [1.165, 1.54) is 0 Å². The van der Waals surface area contributed by atoms with Gasteiger partial charge in [-0.15, -0.1) is 0 Å². The third-order valence-corrected chi connectivity index (χ3v) is 3.21. The summed E-state index contributed by atoms with van der Waals surface area (Å²) in [4.78, 5) is 0. The number of nitrogens with one attached hydrogen (secondary N) is 1. The Morgan fingerprint density at radius 2 is 2.00 bits per heavy atom. The van der Waals surface area contributed by atoms with Crippen LogP contribution in [-0.4, -0.2) is 38.7 Å². The molecule has 0 saturated carbocycles. The molecule has 3 N–H and O–H groups in total. The van der Waals surface area contributed by atoms with Crippen LogP contribution in [0.25, 0.3) is 0 Å². The second-order valence-corrected chi connectivity index (χ2v) is 4.40. The standard InChI is InChI=1S/C12H23N3O2/c1-4-12(8-16,9-17)13-7-11-6-10(3)14-15(11)5-2/h6,13,16-17H,4-5,7-9H2,1-3H3. The molecule has 1 aromatic heterocycles. The van der Waals surface area contributed by atoms with Crippen molar-refractivity contribution < 1.29 is 10.2 Å². The van der Waals surface area contributed by atoms with E-state index in [4.69, 9.17) is 0 Å². The first kappa shape index (κ1) is 14.2. The van der Waals surface area contributed by atoms with Gasteiger partial charge in [-0.25, -0.2) is 0 Å². The van der Waals surface area contributed by atoms with Crippen LogP contribution in [0.4, 0.5) is 0 Å². The fraction of sp³-hybridized carbons (Fsp3) is 0.750. The minimum Gasteiger partial charge on any atom is -0.394 e. The van der Waals surface area contributed by atoms with Crippen molar-refractivity contribution in [1.82, 2.24) is 15.1 Å². The van der Waals surface area contributed by atoms with Gasteiger partial charge >= 0.3 is 0 Å². The molecule has 0 saturated heterocycles. The van der Waals surface area contributed by atoms with Crippen LogP contribution in [-0.2, 0) is 13.1 Å². The zero-order chi connectivity index (χ0) is 12.9. The lowest BCUT2D eigenvalue weighted by Gasteiger charge is -2.29. The summed E-state index contributed by atoms with van der Waals surface area (Å²) in [5, 5.41) is 26.3. The molecule has 5 nitrogen and oxygen atoms in total. The van der Waals surface area contributed by atoms with Crippen molar-refractivity contribution in [3.05, 3.63) is 17.5 Å². The predicted octanol–water partition coefficient (Wildman–Crippen LogP) is 0.434. The molecule has 5 heteroatoms. The second-order valence-electron chi connectivity index (χ2n) is 4.40. The van der Waals surface area contributed by atoms with E-state index >= 15 is 0 Å². The van der Waals surface area contributed by atoms with Gasteiger partial charge in [-0.05, 0) is 26.3 Å². The molecular weight excluding hydrogens is 218 g/mol. The van der Waals surface area contributed by atoms with Crippen molar-refractivity contribution in [2.45, 2.75) is 45.8 Å². The molecule has 0 amide bonds. The number of hydrogen-bond donors (Lipinski definition) is 3. The normalized spacial score (nSPS) is 12.1. The molecule has 1 rings (SSSR count). The van der Waals surface area contributed by atoms with Gasteiger partial charge in [0.15, 0.2) is 0 Å². The summed E-state index contributed by atoms with van der Waals surface area (Å²) in [5.41, 5.74) is 1.46. The molecular formula is C12H23N3O2. The Morgan fingerprint density at radius 3 is 2.47 bits per heavy atom. The number of hydrogen-bond acceptors (Lipinski definition) is 4. The number of aliphatic hydroxyl groups excluding tert-OH is 2. The summed E-state index contributed by atoms with van der Waals surface area (Å²) < 4.78 is 1.93. The highest BCUT2D eigenvalue weighted by molar-refractivity contribution is 5.09. The van der Waals surface area contributed by atoms with E-state index in [0.29, 0.717) is 13.0 Å². The molecule has 0 fully saturated rings. The van der Waals surface area contributed by atoms with E-state index in [1.54, 1.807) is 0 Å².